The molecule has 1 aromatic carbocycles. The fourth-order valence-electron chi connectivity index (χ4n) is 4.25. The van der Waals surface area contributed by atoms with Crippen LogP contribution in [0.2, 0.25) is 0 Å². The number of H-pyrrole nitrogens is 2. The van der Waals surface area contributed by atoms with Gasteiger partial charge in [-0.1, -0.05) is 19.1 Å². The number of benzene rings is 1. The van der Waals surface area contributed by atoms with Gasteiger partial charge in [0, 0.05) is 35.3 Å². The number of halogens is 1. The van der Waals surface area contributed by atoms with Crippen molar-refractivity contribution in [3.63, 3.8) is 0 Å². The Hall–Kier alpha value is -4.99. The van der Waals surface area contributed by atoms with E-state index >= 15 is 0 Å². The van der Waals surface area contributed by atoms with Crippen molar-refractivity contribution in [2.75, 3.05) is 5.32 Å². The molecular formula is C27H21FN8O. The van der Waals surface area contributed by atoms with E-state index in [4.69, 9.17) is 4.98 Å². The summed E-state index contributed by atoms with van der Waals surface area (Å²) in [6.45, 7) is 1.96. The van der Waals surface area contributed by atoms with Gasteiger partial charge in [-0.05, 0) is 36.8 Å². The quantitative estimate of drug-likeness (QED) is 0.282. The van der Waals surface area contributed by atoms with Crippen molar-refractivity contribution in [1.82, 2.24) is 35.1 Å². The number of hydrogen-bond acceptors (Lipinski definition) is 6. The first-order chi connectivity index (χ1) is 18.1. The highest BCUT2D eigenvalue weighted by atomic mass is 19.1. The molecular weight excluding hydrogens is 471 g/mol. The summed E-state index contributed by atoms with van der Waals surface area (Å²) in [5, 5.41) is 11.2. The maximum Gasteiger partial charge on any atom is 0.224 e. The average molecular weight is 493 g/mol. The Balaban J connectivity index is 1.40. The van der Waals surface area contributed by atoms with Gasteiger partial charge in [0.15, 0.2) is 5.82 Å². The molecule has 0 fully saturated rings. The zero-order chi connectivity index (χ0) is 25.4. The summed E-state index contributed by atoms with van der Waals surface area (Å²) in [6, 6.07) is 11.8. The lowest BCUT2D eigenvalue weighted by atomic mass is 10.1. The van der Waals surface area contributed by atoms with Crippen LogP contribution in [0.1, 0.15) is 19.8 Å². The van der Waals surface area contributed by atoms with E-state index in [0.717, 1.165) is 28.4 Å². The number of aromatic amines is 2. The molecule has 182 valence electrons. The first-order valence-electron chi connectivity index (χ1n) is 11.8. The Morgan fingerprint density at radius 1 is 1.00 bits per heavy atom. The lowest BCUT2D eigenvalue weighted by Gasteiger charge is -2.06. The predicted octanol–water partition coefficient (Wildman–Crippen LogP) is 5.50. The van der Waals surface area contributed by atoms with Crippen molar-refractivity contribution >= 4 is 33.5 Å². The Morgan fingerprint density at radius 3 is 2.78 bits per heavy atom. The number of rotatable bonds is 6. The van der Waals surface area contributed by atoms with E-state index in [1.165, 1.54) is 12.1 Å². The van der Waals surface area contributed by atoms with Crippen LogP contribution in [0.25, 0.3) is 56.0 Å². The van der Waals surface area contributed by atoms with E-state index in [9.17, 15) is 9.18 Å². The van der Waals surface area contributed by atoms with E-state index < -0.39 is 0 Å². The Morgan fingerprint density at radius 2 is 1.92 bits per heavy atom. The second-order valence-electron chi connectivity index (χ2n) is 8.60. The molecule has 0 radical (unpaired) electrons. The predicted molar refractivity (Wildman–Crippen MR) is 139 cm³/mol. The number of nitrogens with one attached hydrogen (secondary N) is 3. The van der Waals surface area contributed by atoms with Crippen LogP contribution in [0.3, 0.4) is 0 Å². The lowest BCUT2D eigenvalue weighted by molar-refractivity contribution is -0.116. The van der Waals surface area contributed by atoms with Crippen molar-refractivity contribution in [3.05, 3.63) is 73.1 Å². The molecule has 0 aliphatic carbocycles. The largest absolute Gasteiger partial charge is 0.336 e. The number of nitrogens with zero attached hydrogens (tertiary/aromatic N) is 5. The van der Waals surface area contributed by atoms with Crippen LogP contribution in [0.4, 0.5) is 10.1 Å². The number of amides is 1. The molecule has 6 rings (SSSR count). The van der Waals surface area contributed by atoms with Crippen LogP contribution in [-0.2, 0) is 4.79 Å². The molecule has 5 aromatic heterocycles. The molecule has 0 bridgehead atoms. The maximum atomic E-state index is 13.9. The highest BCUT2D eigenvalue weighted by molar-refractivity contribution is 5.97. The number of carbonyl (C=O) groups is 1. The molecule has 0 saturated carbocycles. The van der Waals surface area contributed by atoms with Crippen molar-refractivity contribution in [2.24, 2.45) is 0 Å². The van der Waals surface area contributed by atoms with Crippen molar-refractivity contribution in [2.45, 2.75) is 19.8 Å². The van der Waals surface area contributed by atoms with Gasteiger partial charge in [0.05, 0.1) is 40.5 Å². The molecule has 6 aromatic rings. The molecule has 3 N–H and O–H groups in total. The van der Waals surface area contributed by atoms with Crippen LogP contribution < -0.4 is 5.32 Å². The zero-order valence-corrected chi connectivity index (χ0v) is 19.8. The number of carbonyl (C=O) groups excluding carboxylic acids is 1. The van der Waals surface area contributed by atoms with Gasteiger partial charge in [-0.2, -0.15) is 5.10 Å². The topological polar surface area (TPSA) is 125 Å². The number of anilines is 1. The molecule has 0 aliphatic heterocycles. The van der Waals surface area contributed by atoms with Gasteiger partial charge in [0.2, 0.25) is 5.91 Å². The summed E-state index contributed by atoms with van der Waals surface area (Å²) >= 11 is 0. The molecule has 10 heteroatoms. The fraction of sp³-hybridized carbons (Fsp3) is 0.111. The maximum absolute atomic E-state index is 13.9. The number of pyridine rings is 3. The SMILES string of the molecule is CCCC(=O)Nc1cncc(-c2cc3c(-c4nc5c(-c6cccc(F)c6)nccc5[nH]4)n[nH]c3cn2)c1. The van der Waals surface area contributed by atoms with Crippen LogP contribution in [-0.4, -0.2) is 41.0 Å². The highest BCUT2D eigenvalue weighted by Gasteiger charge is 2.17. The first-order valence-corrected chi connectivity index (χ1v) is 11.8. The summed E-state index contributed by atoms with van der Waals surface area (Å²) in [6.07, 6.45) is 7.88. The number of fused-ring (bicyclic) bond motifs is 2. The van der Waals surface area contributed by atoms with Crippen molar-refractivity contribution in [1.29, 1.82) is 0 Å². The molecule has 0 spiro atoms. The molecule has 0 aliphatic rings. The van der Waals surface area contributed by atoms with Crippen molar-refractivity contribution in [3.8, 4) is 34.0 Å². The zero-order valence-electron chi connectivity index (χ0n) is 19.8. The Kier molecular flexibility index (Phi) is 5.61. The average Bonchev–Trinajstić information content (AvgIpc) is 3.52. The first kappa shape index (κ1) is 22.5. The molecule has 0 unspecified atom stereocenters. The smallest absolute Gasteiger partial charge is 0.224 e. The monoisotopic (exact) mass is 492 g/mol. The number of aromatic nitrogens is 7. The van der Waals surface area contributed by atoms with Gasteiger partial charge in [0.25, 0.3) is 0 Å². The number of imidazole rings is 1. The molecule has 1 amide bonds. The van der Waals surface area contributed by atoms with E-state index in [2.05, 4.69) is 35.5 Å². The fourth-order valence-corrected chi connectivity index (χ4v) is 4.25. The molecule has 0 saturated heterocycles. The van der Waals surface area contributed by atoms with Crippen molar-refractivity contribution < 1.29 is 9.18 Å². The summed E-state index contributed by atoms with van der Waals surface area (Å²) in [5.74, 6) is 0.149. The van der Waals surface area contributed by atoms with E-state index in [1.54, 1.807) is 36.9 Å². The lowest BCUT2D eigenvalue weighted by Crippen LogP contribution is -2.10. The van der Waals surface area contributed by atoms with E-state index in [1.807, 2.05) is 25.1 Å². The molecule has 37 heavy (non-hydrogen) atoms. The second kappa shape index (κ2) is 9.23. The standard InChI is InChI=1S/C27H21FN8O/c1-2-4-23(37)32-18-10-16(12-29-13-18)21-11-19-22(14-31-21)35-36-25(19)27-33-20-7-8-30-24(26(20)34-27)15-5-3-6-17(28)9-15/h3,5-14H,2,4H2,1H3,(H,32,37)(H,33,34)(H,35,36). The second-order valence-corrected chi connectivity index (χ2v) is 8.60. The molecule has 5 heterocycles. The third-order valence-electron chi connectivity index (χ3n) is 5.97. The normalized spacial score (nSPS) is 11.3. The Labute approximate surface area is 210 Å². The third-order valence-corrected chi connectivity index (χ3v) is 5.97. The summed E-state index contributed by atoms with van der Waals surface area (Å²) < 4.78 is 13.9. The Bertz CT molecular complexity index is 1770. The van der Waals surface area contributed by atoms with Crippen LogP contribution >= 0.6 is 0 Å². The molecule has 0 atom stereocenters. The summed E-state index contributed by atoms with van der Waals surface area (Å²) in [7, 11) is 0. The minimum atomic E-state index is -0.339. The highest BCUT2D eigenvalue weighted by Crippen LogP contribution is 2.32. The van der Waals surface area contributed by atoms with Gasteiger partial charge >= 0.3 is 0 Å². The molecule has 9 nitrogen and oxygen atoms in total. The van der Waals surface area contributed by atoms with Gasteiger partial charge in [-0.15, -0.1) is 0 Å². The minimum Gasteiger partial charge on any atom is -0.336 e. The van der Waals surface area contributed by atoms with Gasteiger partial charge < -0.3 is 10.3 Å². The van der Waals surface area contributed by atoms with Crippen LogP contribution in [0, 0.1) is 5.82 Å². The summed E-state index contributed by atoms with van der Waals surface area (Å²) in [4.78, 5) is 33.3. The van der Waals surface area contributed by atoms with Gasteiger partial charge in [0.1, 0.15) is 17.0 Å². The van der Waals surface area contributed by atoms with Crippen LogP contribution in [0.5, 0.6) is 0 Å². The number of hydrogen-bond donors (Lipinski definition) is 3. The van der Waals surface area contributed by atoms with E-state index in [-0.39, 0.29) is 11.7 Å². The third kappa shape index (κ3) is 4.29. The minimum absolute atomic E-state index is 0.0565. The van der Waals surface area contributed by atoms with E-state index in [0.29, 0.717) is 46.1 Å². The van der Waals surface area contributed by atoms with Gasteiger partial charge in [-0.25, -0.2) is 9.37 Å². The van der Waals surface area contributed by atoms with Crippen LogP contribution in [0.15, 0.2) is 67.3 Å². The van der Waals surface area contributed by atoms with Gasteiger partial charge in [-0.3, -0.25) is 24.8 Å². The summed E-state index contributed by atoms with van der Waals surface area (Å²) in [5.41, 5.74) is 5.99.